The summed E-state index contributed by atoms with van der Waals surface area (Å²) in [5, 5.41) is 0.747. The molecule has 4 heterocycles. The summed E-state index contributed by atoms with van der Waals surface area (Å²) in [4.78, 5) is 14.2. The summed E-state index contributed by atoms with van der Waals surface area (Å²) >= 11 is 1.49. The Hall–Kier alpha value is -3.24. The monoisotopic (exact) mass is 438 g/mol. The van der Waals surface area contributed by atoms with E-state index in [9.17, 15) is 0 Å². The van der Waals surface area contributed by atoms with E-state index in [2.05, 4.69) is 9.97 Å². The minimum Gasteiger partial charge on any atom is -0.486 e. The third-order valence-corrected chi connectivity index (χ3v) is 6.01. The number of nitrogen functional groups attached to an aromatic ring is 1. The smallest absolute Gasteiger partial charge is 0.175 e. The number of imidazole rings is 1. The summed E-state index contributed by atoms with van der Waals surface area (Å²) in [5.74, 6) is 3.33. The number of furan rings is 1. The van der Waals surface area contributed by atoms with Crippen molar-refractivity contribution in [1.82, 2.24) is 19.5 Å². The Morgan fingerprint density at radius 2 is 1.94 bits per heavy atom. The van der Waals surface area contributed by atoms with Crippen molar-refractivity contribution in [3.8, 4) is 22.8 Å². The van der Waals surface area contributed by atoms with Crippen molar-refractivity contribution in [2.24, 2.45) is 5.73 Å². The van der Waals surface area contributed by atoms with Gasteiger partial charge < -0.3 is 29.9 Å². The fourth-order valence-corrected chi connectivity index (χ4v) is 4.54. The fraction of sp³-hybridized carbons (Fsp3) is 0.286. The Kier molecular flexibility index (Phi) is 5.16. The number of ether oxygens (including phenoxy) is 2. The van der Waals surface area contributed by atoms with Gasteiger partial charge in [0, 0.05) is 17.0 Å². The highest BCUT2D eigenvalue weighted by Crippen LogP contribution is 2.44. The first-order valence-corrected chi connectivity index (χ1v) is 10.8. The standard InChI is InChI=1S/C21H22N6O3S/c1-12-3-4-14(30-12)13-9-15-16(29-8-7-28-15)10-17(13)31-21-26-18-19(23)24-11-25-20(18)27(21)6-2-5-22/h3-4,9-11H,2,5-8,22H2,1H3,(H2,23,24,25). The van der Waals surface area contributed by atoms with Crippen LogP contribution in [0.4, 0.5) is 5.82 Å². The lowest BCUT2D eigenvalue weighted by molar-refractivity contribution is 0.171. The molecule has 1 aliphatic rings. The second-order valence-corrected chi connectivity index (χ2v) is 8.13. The topological polar surface area (TPSA) is 127 Å². The molecule has 4 aromatic rings. The maximum absolute atomic E-state index is 6.06. The van der Waals surface area contributed by atoms with Crippen molar-refractivity contribution in [3.63, 3.8) is 0 Å². The number of rotatable bonds is 6. The van der Waals surface area contributed by atoms with Gasteiger partial charge in [-0.2, -0.15) is 0 Å². The van der Waals surface area contributed by atoms with Gasteiger partial charge in [0.1, 0.15) is 31.1 Å². The lowest BCUT2D eigenvalue weighted by Gasteiger charge is -2.20. The van der Waals surface area contributed by atoms with Crippen LogP contribution >= 0.6 is 11.8 Å². The van der Waals surface area contributed by atoms with Gasteiger partial charge in [0.2, 0.25) is 0 Å². The molecule has 0 spiro atoms. The fourth-order valence-electron chi connectivity index (χ4n) is 3.49. The van der Waals surface area contributed by atoms with Crippen LogP contribution in [0.5, 0.6) is 11.5 Å². The molecule has 0 bridgehead atoms. The molecule has 0 atom stereocenters. The van der Waals surface area contributed by atoms with Crippen molar-refractivity contribution in [1.29, 1.82) is 0 Å². The van der Waals surface area contributed by atoms with E-state index < -0.39 is 0 Å². The molecule has 1 aromatic carbocycles. The number of benzene rings is 1. The molecule has 4 N–H and O–H groups in total. The summed E-state index contributed by atoms with van der Waals surface area (Å²) in [6.45, 7) is 4.18. The van der Waals surface area contributed by atoms with Gasteiger partial charge in [-0.15, -0.1) is 0 Å². The Balaban J connectivity index is 1.64. The zero-order valence-corrected chi connectivity index (χ0v) is 17.8. The van der Waals surface area contributed by atoms with E-state index in [0.717, 1.165) is 33.6 Å². The van der Waals surface area contributed by atoms with Crippen LogP contribution in [0.3, 0.4) is 0 Å². The highest BCUT2D eigenvalue weighted by Gasteiger charge is 2.22. The first kappa shape index (κ1) is 19.7. The molecule has 0 unspecified atom stereocenters. The van der Waals surface area contributed by atoms with E-state index in [1.54, 1.807) is 0 Å². The molecule has 0 aliphatic carbocycles. The van der Waals surface area contributed by atoms with Gasteiger partial charge in [-0.05, 0) is 44.2 Å². The van der Waals surface area contributed by atoms with Crippen molar-refractivity contribution in [3.05, 3.63) is 36.4 Å². The summed E-state index contributed by atoms with van der Waals surface area (Å²) in [5.41, 5.74) is 14.0. The number of hydrogen-bond donors (Lipinski definition) is 2. The molecule has 5 rings (SSSR count). The highest BCUT2D eigenvalue weighted by molar-refractivity contribution is 7.99. The number of hydrogen-bond acceptors (Lipinski definition) is 9. The van der Waals surface area contributed by atoms with E-state index in [1.165, 1.54) is 18.1 Å². The predicted molar refractivity (Wildman–Crippen MR) is 117 cm³/mol. The molecular formula is C21H22N6O3S. The Morgan fingerprint density at radius 1 is 1.13 bits per heavy atom. The zero-order valence-electron chi connectivity index (χ0n) is 17.0. The average Bonchev–Trinajstić information content (AvgIpc) is 3.36. The van der Waals surface area contributed by atoms with Crippen LogP contribution in [0.25, 0.3) is 22.5 Å². The first-order valence-electron chi connectivity index (χ1n) is 9.99. The zero-order chi connectivity index (χ0) is 21.4. The molecule has 0 saturated carbocycles. The lowest BCUT2D eigenvalue weighted by atomic mass is 10.1. The number of aromatic nitrogens is 4. The quantitative estimate of drug-likeness (QED) is 0.466. The number of nitrogens with zero attached hydrogens (tertiary/aromatic N) is 4. The molecule has 0 radical (unpaired) electrons. The second kappa shape index (κ2) is 8.12. The largest absolute Gasteiger partial charge is 0.486 e. The van der Waals surface area contributed by atoms with Gasteiger partial charge in [0.15, 0.2) is 33.6 Å². The number of nitrogens with two attached hydrogens (primary N) is 2. The molecule has 160 valence electrons. The van der Waals surface area contributed by atoms with Crippen LogP contribution in [0.15, 0.2) is 45.1 Å². The molecular weight excluding hydrogens is 416 g/mol. The van der Waals surface area contributed by atoms with Crippen LogP contribution in [-0.2, 0) is 6.54 Å². The number of anilines is 1. The maximum atomic E-state index is 6.06. The predicted octanol–water partition coefficient (Wildman–Crippen LogP) is 3.25. The normalized spacial score (nSPS) is 13.1. The Bertz CT molecular complexity index is 1250. The summed E-state index contributed by atoms with van der Waals surface area (Å²) in [7, 11) is 0. The van der Waals surface area contributed by atoms with Crippen LogP contribution < -0.4 is 20.9 Å². The minimum atomic E-state index is 0.349. The molecule has 10 heteroatoms. The van der Waals surface area contributed by atoms with Gasteiger partial charge in [0.05, 0.1) is 0 Å². The molecule has 3 aromatic heterocycles. The molecule has 31 heavy (non-hydrogen) atoms. The van der Waals surface area contributed by atoms with Gasteiger partial charge in [0.25, 0.3) is 0 Å². The van der Waals surface area contributed by atoms with Gasteiger partial charge >= 0.3 is 0 Å². The van der Waals surface area contributed by atoms with Gasteiger partial charge in [-0.1, -0.05) is 11.8 Å². The van der Waals surface area contributed by atoms with E-state index in [-0.39, 0.29) is 0 Å². The van der Waals surface area contributed by atoms with Crippen molar-refractivity contribution >= 4 is 28.7 Å². The summed E-state index contributed by atoms with van der Waals surface area (Å²) in [6.07, 6.45) is 2.24. The Morgan fingerprint density at radius 3 is 2.68 bits per heavy atom. The van der Waals surface area contributed by atoms with Crippen molar-refractivity contribution in [2.75, 3.05) is 25.5 Å². The van der Waals surface area contributed by atoms with Crippen molar-refractivity contribution < 1.29 is 13.9 Å². The van der Waals surface area contributed by atoms with Crippen molar-refractivity contribution in [2.45, 2.75) is 29.9 Å². The van der Waals surface area contributed by atoms with Crippen LogP contribution in [-0.4, -0.2) is 39.3 Å². The summed E-state index contributed by atoms with van der Waals surface area (Å²) < 4.78 is 19.6. The molecule has 9 nitrogen and oxygen atoms in total. The van der Waals surface area contributed by atoms with Crippen LogP contribution in [0, 0.1) is 6.92 Å². The van der Waals surface area contributed by atoms with E-state index >= 15 is 0 Å². The third-order valence-electron chi connectivity index (χ3n) is 4.96. The molecule has 0 fully saturated rings. The number of aryl methyl sites for hydroxylation is 2. The maximum Gasteiger partial charge on any atom is 0.175 e. The van der Waals surface area contributed by atoms with Crippen LogP contribution in [0.2, 0.25) is 0 Å². The second-order valence-electron chi connectivity index (χ2n) is 7.12. The molecule has 0 saturated heterocycles. The highest BCUT2D eigenvalue weighted by atomic mass is 32.2. The van der Waals surface area contributed by atoms with E-state index in [4.69, 9.17) is 30.3 Å². The third kappa shape index (κ3) is 3.68. The van der Waals surface area contributed by atoms with E-state index in [0.29, 0.717) is 54.8 Å². The summed E-state index contributed by atoms with van der Waals surface area (Å²) in [6, 6.07) is 7.81. The lowest BCUT2D eigenvalue weighted by Crippen LogP contribution is -2.15. The van der Waals surface area contributed by atoms with E-state index in [1.807, 2.05) is 35.8 Å². The van der Waals surface area contributed by atoms with Gasteiger partial charge in [-0.3, -0.25) is 0 Å². The molecule has 1 aliphatic heterocycles. The molecule has 0 amide bonds. The number of fused-ring (bicyclic) bond motifs is 2. The average molecular weight is 439 g/mol. The SMILES string of the molecule is Cc1ccc(-c2cc3c(cc2Sc2nc4c(N)ncnc4n2CCCN)OCCO3)o1. The Labute approximate surface area is 182 Å². The van der Waals surface area contributed by atoms with Crippen LogP contribution in [0.1, 0.15) is 12.2 Å². The minimum absolute atomic E-state index is 0.349. The van der Waals surface area contributed by atoms with Gasteiger partial charge in [-0.25, -0.2) is 15.0 Å². The first-order chi connectivity index (χ1) is 15.1.